The highest BCUT2D eigenvalue weighted by atomic mass is 79.9. The van der Waals surface area contributed by atoms with Crippen molar-refractivity contribution in [2.75, 3.05) is 6.35 Å². The molecule has 0 bridgehead atoms. The molecule has 1 atom stereocenters. The third kappa shape index (κ3) is 3.88. The van der Waals surface area contributed by atoms with Gasteiger partial charge in [-0.1, -0.05) is 25.2 Å². The zero-order valence-corrected chi connectivity index (χ0v) is 8.22. The highest BCUT2D eigenvalue weighted by Gasteiger charge is 2.24. The summed E-state index contributed by atoms with van der Waals surface area (Å²) in [5.41, 5.74) is 0. The minimum Gasteiger partial charge on any atom is -0.461 e. The molecule has 0 rings (SSSR count). The van der Waals surface area contributed by atoms with Gasteiger partial charge in [0.2, 0.25) is 0 Å². The predicted octanol–water partition coefficient (Wildman–Crippen LogP) is 1.54. The van der Waals surface area contributed by atoms with Crippen LogP contribution in [-0.2, 0) is 9.53 Å². The highest BCUT2D eigenvalue weighted by molar-refractivity contribution is 9.10. The Labute approximate surface area is 65.7 Å². The standard InChI is InChI=1S/C5H10BrO2P/c1-5(2,6)4(7)8-3-9/h3,9H2,1-2H3. The van der Waals surface area contributed by atoms with Crippen molar-refractivity contribution in [1.29, 1.82) is 0 Å². The Hall–Kier alpha value is 0.380. The quantitative estimate of drug-likeness (QED) is 0.395. The Morgan fingerprint density at radius 1 is 1.78 bits per heavy atom. The molecule has 0 aromatic heterocycles. The van der Waals surface area contributed by atoms with Gasteiger partial charge in [-0.15, -0.1) is 0 Å². The number of hydrogen-bond acceptors (Lipinski definition) is 2. The first-order valence-corrected chi connectivity index (χ1v) is 4.15. The molecule has 1 unspecified atom stereocenters. The molecule has 0 aromatic carbocycles. The van der Waals surface area contributed by atoms with E-state index in [1.807, 2.05) is 0 Å². The van der Waals surface area contributed by atoms with E-state index in [1.165, 1.54) is 0 Å². The Morgan fingerprint density at radius 2 is 2.22 bits per heavy atom. The minimum atomic E-state index is -0.552. The molecule has 0 aliphatic carbocycles. The van der Waals surface area contributed by atoms with Gasteiger partial charge in [-0.2, -0.15) is 0 Å². The second-order valence-corrected chi connectivity index (χ2v) is 4.39. The van der Waals surface area contributed by atoms with Gasteiger partial charge in [0, 0.05) is 0 Å². The summed E-state index contributed by atoms with van der Waals surface area (Å²) in [5, 5.41) is 0. The van der Waals surface area contributed by atoms with E-state index in [0.717, 1.165) is 0 Å². The van der Waals surface area contributed by atoms with Crippen LogP contribution in [0.15, 0.2) is 0 Å². The Bertz CT molecular complexity index is 108. The normalized spacial score (nSPS) is 11.1. The zero-order valence-electron chi connectivity index (χ0n) is 5.48. The van der Waals surface area contributed by atoms with E-state index < -0.39 is 4.32 Å². The fourth-order valence-electron chi connectivity index (χ4n) is 0.247. The lowest BCUT2D eigenvalue weighted by Gasteiger charge is -2.12. The molecular weight excluding hydrogens is 203 g/mol. The molecule has 0 amide bonds. The molecule has 0 saturated carbocycles. The number of alkyl halides is 1. The second-order valence-electron chi connectivity index (χ2n) is 2.07. The molecule has 0 fully saturated rings. The van der Waals surface area contributed by atoms with E-state index in [0.29, 0.717) is 6.35 Å². The van der Waals surface area contributed by atoms with Gasteiger partial charge in [-0.25, -0.2) is 0 Å². The van der Waals surface area contributed by atoms with Crippen LogP contribution < -0.4 is 0 Å². The Morgan fingerprint density at radius 3 is 2.33 bits per heavy atom. The van der Waals surface area contributed by atoms with Crippen molar-refractivity contribution in [2.45, 2.75) is 18.2 Å². The minimum absolute atomic E-state index is 0.238. The third-order valence-corrected chi connectivity index (χ3v) is 1.19. The largest absolute Gasteiger partial charge is 0.461 e. The van der Waals surface area contributed by atoms with E-state index in [9.17, 15) is 4.79 Å². The lowest BCUT2D eigenvalue weighted by Crippen LogP contribution is -2.25. The molecule has 0 radical (unpaired) electrons. The number of carbonyl (C=O) groups excluding carboxylic acids is 1. The van der Waals surface area contributed by atoms with Gasteiger partial charge in [0.15, 0.2) is 0 Å². The first kappa shape index (κ1) is 9.38. The van der Waals surface area contributed by atoms with Crippen molar-refractivity contribution in [3.05, 3.63) is 0 Å². The summed E-state index contributed by atoms with van der Waals surface area (Å²) in [6, 6.07) is 0. The summed E-state index contributed by atoms with van der Waals surface area (Å²) in [5.74, 6) is -0.238. The third-order valence-electron chi connectivity index (χ3n) is 0.700. The van der Waals surface area contributed by atoms with Crippen LogP contribution in [0.25, 0.3) is 0 Å². The average Bonchev–Trinajstić information content (AvgIpc) is 1.64. The molecule has 54 valence electrons. The smallest absolute Gasteiger partial charge is 0.322 e. The van der Waals surface area contributed by atoms with Gasteiger partial charge in [0.05, 0.1) is 0 Å². The summed E-state index contributed by atoms with van der Waals surface area (Å²) < 4.78 is 4.13. The molecule has 0 saturated heterocycles. The van der Waals surface area contributed by atoms with Crippen molar-refractivity contribution < 1.29 is 9.53 Å². The number of ether oxygens (including phenoxy) is 1. The van der Waals surface area contributed by atoms with Gasteiger partial charge < -0.3 is 4.74 Å². The number of carbonyl (C=O) groups is 1. The molecule has 0 spiro atoms. The molecule has 4 heteroatoms. The van der Waals surface area contributed by atoms with Gasteiger partial charge in [0.1, 0.15) is 10.7 Å². The zero-order chi connectivity index (χ0) is 7.49. The fourth-order valence-corrected chi connectivity index (χ4v) is 0.513. The van der Waals surface area contributed by atoms with Gasteiger partial charge in [-0.05, 0) is 13.8 Å². The molecule has 0 N–H and O–H groups in total. The summed E-state index contributed by atoms with van der Waals surface area (Å²) in [6.07, 6.45) is 0.355. The van der Waals surface area contributed by atoms with Crippen molar-refractivity contribution >= 4 is 31.1 Å². The topological polar surface area (TPSA) is 26.3 Å². The Kier molecular flexibility index (Phi) is 3.67. The van der Waals surface area contributed by atoms with Crippen LogP contribution in [0.3, 0.4) is 0 Å². The van der Waals surface area contributed by atoms with Crippen LogP contribution in [0, 0.1) is 0 Å². The summed E-state index contributed by atoms with van der Waals surface area (Å²) in [7, 11) is 2.32. The van der Waals surface area contributed by atoms with Crippen LogP contribution in [0.4, 0.5) is 0 Å². The molecular formula is C5H10BrO2P. The van der Waals surface area contributed by atoms with Crippen LogP contribution in [0.2, 0.25) is 0 Å². The van der Waals surface area contributed by atoms with E-state index in [2.05, 4.69) is 29.9 Å². The first-order chi connectivity index (χ1) is 3.98. The second kappa shape index (κ2) is 3.52. The van der Waals surface area contributed by atoms with Crippen molar-refractivity contribution in [2.24, 2.45) is 0 Å². The molecule has 0 aliphatic rings. The molecule has 9 heavy (non-hydrogen) atoms. The van der Waals surface area contributed by atoms with Crippen LogP contribution in [-0.4, -0.2) is 16.6 Å². The number of halogens is 1. The van der Waals surface area contributed by atoms with Gasteiger partial charge in [0.25, 0.3) is 0 Å². The number of esters is 1. The highest BCUT2D eigenvalue weighted by Crippen LogP contribution is 2.17. The number of hydrogen-bond donors (Lipinski definition) is 0. The van der Waals surface area contributed by atoms with Crippen molar-refractivity contribution in [1.82, 2.24) is 0 Å². The van der Waals surface area contributed by atoms with E-state index in [4.69, 9.17) is 0 Å². The lowest BCUT2D eigenvalue weighted by molar-refractivity contribution is -0.143. The maximum Gasteiger partial charge on any atom is 0.322 e. The summed E-state index contributed by atoms with van der Waals surface area (Å²) in [6.45, 7) is 3.49. The first-order valence-electron chi connectivity index (χ1n) is 2.54. The molecule has 0 aromatic rings. The van der Waals surface area contributed by atoms with E-state index in [1.54, 1.807) is 13.8 Å². The predicted molar refractivity (Wildman–Crippen MR) is 43.7 cm³/mol. The monoisotopic (exact) mass is 212 g/mol. The van der Waals surface area contributed by atoms with E-state index >= 15 is 0 Å². The van der Waals surface area contributed by atoms with Crippen LogP contribution >= 0.6 is 25.2 Å². The fraction of sp³-hybridized carbons (Fsp3) is 0.800. The number of rotatable bonds is 2. The van der Waals surface area contributed by atoms with Gasteiger partial charge in [-0.3, -0.25) is 4.79 Å². The summed E-state index contributed by atoms with van der Waals surface area (Å²) >= 11 is 3.16. The maximum absolute atomic E-state index is 10.8. The molecule has 0 aliphatic heterocycles. The SMILES string of the molecule is CC(C)(Br)C(=O)OCP. The average molecular weight is 213 g/mol. The molecule has 0 heterocycles. The van der Waals surface area contributed by atoms with Crippen molar-refractivity contribution in [3.63, 3.8) is 0 Å². The maximum atomic E-state index is 10.8. The van der Waals surface area contributed by atoms with Gasteiger partial charge >= 0.3 is 5.97 Å². The lowest BCUT2D eigenvalue weighted by atomic mass is 10.2. The van der Waals surface area contributed by atoms with Crippen LogP contribution in [0.5, 0.6) is 0 Å². The summed E-state index contributed by atoms with van der Waals surface area (Å²) in [4.78, 5) is 10.8. The van der Waals surface area contributed by atoms with Crippen molar-refractivity contribution in [3.8, 4) is 0 Å². The van der Waals surface area contributed by atoms with E-state index in [-0.39, 0.29) is 5.97 Å². The molecule has 2 nitrogen and oxygen atoms in total. The Balaban J connectivity index is 3.74. The van der Waals surface area contributed by atoms with Crippen LogP contribution in [0.1, 0.15) is 13.8 Å².